The van der Waals surface area contributed by atoms with Crippen LogP contribution in [0.5, 0.6) is 11.8 Å². The maximum Gasteiger partial charge on any atom is 0.291 e. The van der Waals surface area contributed by atoms with Crippen molar-refractivity contribution in [3.63, 3.8) is 0 Å². The summed E-state index contributed by atoms with van der Waals surface area (Å²) in [6.45, 7) is 7.14. The number of methoxy groups -OCH3 is 4. The highest BCUT2D eigenvalue weighted by molar-refractivity contribution is 6.40. The highest BCUT2D eigenvalue weighted by atomic mass is 35.5. The lowest BCUT2D eigenvalue weighted by Gasteiger charge is -2.26. The Kier molecular flexibility index (Phi) is 24.0. The van der Waals surface area contributed by atoms with Gasteiger partial charge in [0.25, 0.3) is 11.8 Å². The van der Waals surface area contributed by atoms with Crippen LogP contribution in [-0.2, 0) is 62.6 Å². The SMILES string of the molecule is COCCNCc1ccc(-c2ccnc(-c3cccc(NC(=O)c4nc5c(n4C)CCN(CCCF)C5)c3Cl)c2Cl)nc1OC.COCCNCc1ccc(-c2ccnc(-c3cccc(NC(=O)c4nc5c(n4C)CCN(CCCF)C5)c3Cl)c2Cl)nc1OC. The first-order chi connectivity index (χ1) is 43.7. The van der Waals surface area contributed by atoms with E-state index in [1.165, 1.54) is 0 Å². The molecule has 2 aliphatic heterocycles. The van der Waals surface area contributed by atoms with E-state index >= 15 is 0 Å². The molecule has 0 spiro atoms. The van der Waals surface area contributed by atoms with Crippen molar-refractivity contribution in [2.75, 3.05) is 105 Å². The summed E-state index contributed by atoms with van der Waals surface area (Å²) in [5.74, 6) is 0.758. The minimum Gasteiger partial charge on any atom is -0.481 e. The fourth-order valence-corrected chi connectivity index (χ4v) is 12.0. The summed E-state index contributed by atoms with van der Waals surface area (Å²) in [6.07, 6.45) is 5.73. The maximum atomic E-state index is 13.4. The van der Waals surface area contributed by atoms with Crippen LogP contribution in [0.4, 0.5) is 20.2 Å². The second-order valence-electron chi connectivity index (χ2n) is 21.3. The fraction of sp³-hybridized carbons (Fsp3) is 0.375. The summed E-state index contributed by atoms with van der Waals surface area (Å²) in [5, 5.41) is 13.7. The molecule has 26 heteroatoms. The van der Waals surface area contributed by atoms with Crippen molar-refractivity contribution < 1.29 is 37.3 Å². The van der Waals surface area contributed by atoms with Crippen LogP contribution in [-0.4, -0.2) is 155 Å². The van der Waals surface area contributed by atoms with E-state index < -0.39 is 0 Å². The molecule has 8 heterocycles. The lowest BCUT2D eigenvalue weighted by Crippen LogP contribution is -2.32. The minimum atomic E-state index is -0.387. The Morgan fingerprint density at radius 2 is 0.967 bits per heavy atom. The fourth-order valence-electron chi connectivity index (χ4n) is 10.8. The summed E-state index contributed by atoms with van der Waals surface area (Å²) in [4.78, 5) is 58.8. The molecule has 2 aliphatic rings. The Bertz CT molecular complexity index is 3580. The van der Waals surface area contributed by atoms with Crippen LogP contribution < -0.4 is 30.7 Å². The normalized spacial score (nSPS) is 13.1. The highest BCUT2D eigenvalue weighted by Gasteiger charge is 2.29. The van der Waals surface area contributed by atoms with Gasteiger partial charge in [0.2, 0.25) is 11.8 Å². The molecule has 0 unspecified atom stereocenters. The molecule has 0 radical (unpaired) electrons. The molecule has 2 amide bonds. The summed E-state index contributed by atoms with van der Waals surface area (Å²) >= 11 is 27.6. The van der Waals surface area contributed by atoms with E-state index in [2.05, 4.69) is 51.0 Å². The quantitative estimate of drug-likeness (QED) is 0.0371. The standard InChI is InChI=1S/2C32H36Cl2FN7O3/c2*1-41-26-11-16-42(15-5-12-35)19-25(26)38-30(41)31(43)39-24-7-4-6-22(27(24)33)29-28(34)21(10-13-37-29)23-9-8-20(32(40-23)45-3)18-36-14-17-44-2/h2*4,6-10,13,36H,5,11-12,14-19H2,1-3H3,(H,39,43). The average molecular weight is 1310 g/mol. The van der Waals surface area contributed by atoms with Gasteiger partial charge in [0.05, 0.1) is 106 Å². The number of amides is 2. The van der Waals surface area contributed by atoms with E-state index in [4.69, 9.17) is 75.3 Å². The third kappa shape index (κ3) is 15.7. The van der Waals surface area contributed by atoms with Crippen LogP contribution in [0.1, 0.15) is 68.0 Å². The summed E-state index contributed by atoms with van der Waals surface area (Å²) < 4.78 is 50.3. The number of pyridine rings is 4. The molecular weight excluding hydrogens is 1240 g/mol. The van der Waals surface area contributed by atoms with Crippen LogP contribution in [0.3, 0.4) is 0 Å². The van der Waals surface area contributed by atoms with Gasteiger partial charge >= 0.3 is 0 Å². The number of fused-ring (bicyclic) bond motifs is 2. The van der Waals surface area contributed by atoms with Crippen LogP contribution in [0.15, 0.2) is 85.2 Å². The van der Waals surface area contributed by atoms with Gasteiger partial charge in [-0.05, 0) is 49.2 Å². The summed E-state index contributed by atoms with van der Waals surface area (Å²) in [5.41, 5.74) is 10.8. The van der Waals surface area contributed by atoms with Crippen molar-refractivity contribution >= 4 is 69.6 Å². The maximum absolute atomic E-state index is 13.4. The van der Waals surface area contributed by atoms with Crippen molar-refractivity contribution in [1.82, 2.24) is 59.5 Å². The molecule has 0 bridgehead atoms. The van der Waals surface area contributed by atoms with Crippen molar-refractivity contribution in [2.24, 2.45) is 14.1 Å². The van der Waals surface area contributed by atoms with Crippen LogP contribution in [0.25, 0.3) is 45.0 Å². The van der Waals surface area contributed by atoms with E-state index in [-0.39, 0.29) is 46.9 Å². The Balaban J connectivity index is 0.000000213. The molecule has 0 saturated heterocycles. The van der Waals surface area contributed by atoms with E-state index in [1.807, 2.05) is 47.5 Å². The van der Waals surface area contributed by atoms with Gasteiger partial charge in [-0.25, -0.2) is 19.9 Å². The molecule has 0 atom stereocenters. The summed E-state index contributed by atoms with van der Waals surface area (Å²) in [7, 11) is 10.1. The monoisotopic (exact) mass is 1310 g/mol. The molecule has 20 nitrogen and oxygen atoms in total. The van der Waals surface area contributed by atoms with Gasteiger partial charge in [-0.3, -0.25) is 38.1 Å². The zero-order valence-electron chi connectivity index (χ0n) is 51.0. The van der Waals surface area contributed by atoms with Crippen LogP contribution in [0.2, 0.25) is 20.1 Å². The average Bonchev–Trinajstić information content (AvgIpc) is 2.99. The second-order valence-corrected chi connectivity index (χ2v) is 22.8. The Hall–Kier alpha value is -7.22. The number of nitrogens with zero attached hydrogens (tertiary/aromatic N) is 10. The largest absolute Gasteiger partial charge is 0.481 e. The number of aromatic nitrogens is 8. The number of hydrogen-bond donors (Lipinski definition) is 4. The smallest absolute Gasteiger partial charge is 0.291 e. The van der Waals surface area contributed by atoms with E-state index in [0.717, 1.165) is 59.8 Å². The van der Waals surface area contributed by atoms with Gasteiger partial charge in [-0.2, -0.15) is 0 Å². The zero-order valence-corrected chi connectivity index (χ0v) is 54.0. The van der Waals surface area contributed by atoms with Crippen molar-refractivity contribution in [3.8, 4) is 56.8 Å². The van der Waals surface area contributed by atoms with E-state index in [9.17, 15) is 18.4 Å². The van der Waals surface area contributed by atoms with Crippen molar-refractivity contribution in [2.45, 2.75) is 51.9 Å². The minimum absolute atomic E-state index is 0.282. The van der Waals surface area contributed by atoms with E-state index in [0.29, 0.717) is 157 Å². The van der Waals surface area contributed by atoms with Gasteiger partial charge in [0.1, 0.15) is 0 Å². The van der Waals surface area contributed by atoms with Gasteiger partial charge in [-0.1, -0.05) is 82.8 Å². The molecule has 8 aromatic rings. The molecule has 4 N–H and O–H groups in total. The molecule has 476 valence electrons. The highest BCUT2D eigenvalue weighted by Crippen LogP contribution is 2.42. The van der Waals surface area contributed by atoms with Crippen molar-refractivity contribution in [3.05, 3.63) is 151 Å². The third-order valence-electron chi connectivity index (χ3n) is 15.5. The van der Waals surface area contributed by atoms with Gasteiger partial charge in [0, 0.05) is 164 Å². The molecule has 0 aliphatic carbocycles. The number of anilines is 2. The molecule has 6 aromatic heterocycles. The third-order valence-corrected chi connectivity index (χ3v) is 17.1. The van der Waals surface area contributed by atoms with Gasteiger partial charge in [0.15, 0.2) is 11.6 Å². The Morgan fingerprint density at radius 1 is 0.544 bits per heavy atom. The number of hydrogen-bond acceptors (Lipinski definition) is 16. The van der Waals surface area contributed by atoms with Gasteiger partial charge < -0.3 is 49.3 Å². The van der Waals surface area contributed by atoms with Crippen LogP contribution in [0, 0.1) is 0 Å². The lowest BCUT2D eigenvalue weighted by atomic mass is 10.1. The number of ether oxygens (including phenoxy) is 4. The first-order valence-corrected chi connectivity index (χ1v) is 30.9. The van der Waals surface area contributed by atoms with Gasteiger partial charge in [-0.15, -0.1) is 0 Å². The Morgan fingerprint density at radius 3 is 1.36 bits per heavy atom. The van der Waals surface area contributed by atoms with Crippen molar-refractivity contribution in [1.29, 1.82) is 0 Å². The number of halogens is 6. The molecule has 10 rings (SSSR count). The first-order valence-electron chi connectivity index (χ1n) is 29.3. The predicted molar refractivity (Wildman–Crippen MR) is 348 cm³/mol. The second kappa shape index (κ2) is 32.2. The molecule has 0 saturated carbocycles. The number of imidazole rings is 2. The molecule has 0 fully saturated rings. The molecule has 90 heavy (non-hydrogen) atoms. The number of carbonyl (C=O) groups excluding carboxylic acids is 2. The lowest BCUT2D eigenvalue weighted by molar-refractivity contribution is 0.100. The van der Waals surface area contributed by atoms with E-state index in [1.54, 1.807) is 89.4 Å². The zero-order chi connectivity index (χ0) is 63.8. The number of alkyl halides is 2. The molecular formula is C64H72Cl4F2N14O6. The Labute approximate surface area is 542 Å². The molecule has 2 aromatic carbocycles. The predicted octanol–water partition coefficient (Wildman–Crippen LogP) is 11.1. The number of benzene rings is 2. The topological polar surface area (TPSA) is 213 Å². The number of rotatable bonds is 26. The first kappa shape index (κ1) is 67.2. The summed E-state index contributed by atoms with van der Waals surface area (Å²) in [6, 6.07) is 21.8. The number of nitrogens with one attached hydrogen (secondary N) is 4. The number of carbonyl (C=O) groups is 2. The van der Waals surface area contributed by atoms with Crippen LogP contribution >= 0.6 is 46.4 Å².